The van der Waals surface area contributed by atoms with E-state index in [-0.39, 0.29) is 16.0 Å². The molecule has 0 fully saturated rings. The zero-order chi connectivity index (χ0) is 12.8. The standard InChI is InChI=1S/C12H17BrClNO2/c1-3-8(4-2)10(13)7-15-12(16)9-5-6-17-11(9)14/h5-6,8,10H,3-4,7H2,1-2H3,(H,15,16). The monoisotopic (exact) mass is 321 g/mol. The topological polar surface area (TPSA) is 42.2 Å². The fraction of sp³-hybridized carbons (Fsp3) is 0.583. The fourth-order valence-corrected chi connectivity index (χ4v) is 2.82. The van der Waals surface area contributed by atoms with Crippen molar-refractivity contribution >= 4 is 33.4 Å². The molecule has 1 amide bonds. The van der Waals surface area contributed by atoms with Gasteiger partial charge in [0.25, 0.3) is 5.91 Å². The van der Waals surface area contributed by atoms with Crippen LogP contribution in [0.15, 0.2) is 16.7 Å². The van der Waals surface area contributed by atoms with Crippen LogP contribution < -0.4 is 5.32 Å². The van der Waals surface area contributed by atoms with E-state index < -0.39 is 0 Å². The molecule has 0 aromatic carbocycles. The van der Waals surface area contributed by atoms with Gasteiger partial charge in [-0.05, 0) is 23.6 Å². The van der Waals surface area contributed by atoms with E-state index >= 15 is 0 Å². The van der Waals surface area contributed by atoms with Crippen LogP contribution in [-0.4, -0.2) is 17.3 Å². The molecule has 0 aliphatic carbocycles. The largest absolute Gasteiger partial charge is 0.452 e. The van der Waals surface area contributed by atoms with E-state index in [9.17, 15) is 4.79 Å². The number of alkyl halides is 1. The molecule has 0 spiro atoms. The quantitative estimate of drug-likeness (QED) is 0.808. The number of rotatable bonds is 6. The van der Waals surface area contributed by atoms with Gasteiger partial charge in [-0.25, -0.2) is 0 Å². The molecule has 0 saturated carbocycles. The SMILES string of the molecule is CCC(CC)C(Br)CNC(=O)c1ccoc1Cl. The Bertz CT molecular complexity index is 363. The van der Waals surface area contributed by atoms with Gasteiger partial charge in [0.15, 0.2) is 0 Å². The first-order valence-electron chi connectivity index (χ1n) is 5.75. The summed E-state index contributed by atoms with van der Waals surface area (Å²) in [6, 6.07) is 1.57. The van der Waals surface area contributed by atoms with E-state index in [4.69, 9.17) is 16.0 Å². The molecule has 96 valence electrons. The van der Waals surface area contributed by atoms with E-state index in [1.54, 1.807) is 6.07 Å². The molecule has 0 bridgehead atoms. The maximum absolute atomic E-state index is 11.8. The molecule has 5 heteroatoms. The smallest absolute Gasteiger partial charge is 0.256 e. The molecule has 17 heavy (non-hydrogen) atoms. The third-order valence-electron chi connectivity index (χ3n) is 2.88. The number of amides is 1. The van der Waals surface area contributed by atoms with Crippen molar-refractivity contribution in [2.75, 3.05) is 6.54 Å². The van der Waals surface area contributed by atoms with Gasteiger partial charge in [-0.2, -0.15) is 0 Å². The minimum atomic E-state index is -0.195. The second-order valence-electron chi connectivity index (χ2n) is 3.91. The molecule has 1 heterocycles. The molecule has 0 saturated heterocycles. The molecule has 1 aromatic rings. The van der Waals surface area contributed by atoms with Crippen LogP contribution in [0, 0.1) is 5.92 Å². The second kappa shape index (κ2) is 7.07. The van der Waals surface area contributed by atoms with Gasteiger partial charge >= 0.3 is 0 Å². The molecular weight excluding hydrogens is 305 g/mol. The summed E-state index contributed by atoms with van der Waals surface area (Å²) in [5, 5.41) is 2.98. The Morgan fingerprint density at radius 3 is 2.65 bits per heavy atom. The first-order valence-corrected chi connectivity index (χ1v) is 7.04. The van der Waals surface area contributed by atoms with Crippen LogP contribution in [0.25, 0.3) is 0 Å². The summed E-state index contributed by atoms with van der Waals surface area (Å²) in [4.78, 5) is 12.0. The number of nitrogens with one attached hydrogen (secondary N) is 1. The average molecular weight is 323 g/mol. The highest BCUT2D eigenvalue weighted by Crippen LogP contribution is 2.20. The van der Waals surface area contributed by atoms with Crippen LogP contribution in [0.4, 0.5) is 0 Å². The van der Waals surface area contributed by atoms with Gasteiger partial charge in [0.05, 0.1) is 11.8 Å². The number of hydrogen-bond donors (Lipinski definition) is 1. The second-order valence-corrected chi connectivity index (χ2v) is 5.43. The van der Waals surface area contributed by atoms with Crippen molar-refractivity contribution < 1.29 is 9.21 Å². The summed E-state index contributed by atoms with van der Waals surface area (Å²) in [6.45, 7) is 4.89. The van der Waals surface area contributed by atoms with Gasteiger partial charge < -0.3 is 9.73 Å². The molecule has 1 atom stereocenters. The Balaban J connectivity index is 2.46. The van der Waals surface area contributed by atoms with Gasteiger partial charge in [0, 0.05) is 11.4 Å². The lowest BCUT2D eigenvalue weighted by atomic mass is 9.99. The normalized spacial score (nSPS) is 12.8. The van der Waals surface area contributed by atoms with Crippen LogP contribution in [0.3, 0.4) is 0 Å². The van der Waals surface area contributed by atoms with Crippen molar-refractivity contribution in [1.29, 1.82) is 0 Å². The van der Waals surface area contributed by atoms with Crippen molar-refractivity contribution in [2.24, 2.45) is 5.92 Å². The minimum absolute atomic E-state index is 0.135. The van der Waals surface area contributed by atoms with Gasteiger partial charge in [-0.3, -0.25) is 4.79 Å². The summed E-state index contributed by atoms with van der Waals surface area (Å²) in [6.07, 6.45) is 3.59. The lowest BCUT2D eigenvalue weighted by Crippen LogP contribution is -2.32. The first-order chi connectivity index (χ1) is 8.10. The maximum Gasteiger partial charge on any atom is 0.256 e. The molecule has 1 aromatic heterocycles. The Morgan fingerprint density at radius 2 is 2.18 bits per heavy atom. The van der Waals surface area contributed by atoms with Gasteiger partial charge in [0.2, 0.25) is 5.22 Å². The highest BCUT2D eigenvalue weighted by atomic mass is 79.9. The molecule has 1 unspecified atom stereocenters. The maximum atomic E-state index is 11.8. The highest BCUT2D eigenvalue weighted by Gasteiger charge is 2.18. The van der Waals surface area contributed by atoms with Crippen LogP contribution in [0.5, 0.6) is 0 Å². The third kappa shape index (κ3) is 4.03. The number of halogens is 2. The summed E-state index contributed by atoms with van der Waals surface area (Å²) in [5.74, 6) is 0.370. The first kappa shape index (κ1) is 14.6. The van der Waals surface area contributed by atoms with Crippen molar-refractivity contribution in [3.8, 4) is 0 Å². The van der Waals surface area contributed by atoms with E-state index in [0.717, 1.165) is 12.8 Å². The molecule has 0 radical (unpaired) electrons. The molecule has 0 aliphatic rings. The summed E-state index contributed by atoms with van der Waals surface area (Å²) < 4.78 is 4.88. The van der Waals surface area contributed by atoms with Crippen molar-refractivity contribution in [3.05, 3.63) is 23.1 Å². The van der Waals surface area contributed by atoms with E-state index in [1.807, 2.05) is 0 Å². The van der Waals surface area contributed by atoms with Crippen LogP contribution in [0.1, 0.15) is 37.0 Å². The summed E-state index contributed by atoms with van der Waals surface area (Å²) in [7, 11) is 0. The molecule has 1 rings (SSSR count). The number of furan rings is 1. The Kier molecular flexibility index (Phi) is 6.06. The lowest BCUT2D eigenvalue weighted by molar-refractivity contribution is 0.0951. The predicted molar refractivity (Wildman–Crippen MR) is 72.8 cm³/mol. The van der Waals surface area contributed by atoms with Crippen LogP contribution in [-0.2, 0) is 0 Å². The Morgan fingerprint density at radius 1 is 1.53 bits per heavy atom. The van der Waals surface area contributed by atoms with Crippen LogP contribution >= 0.6 is 27.5 Å². The minimum Gasteiger partial charge on any atom is -0.452 e. The predicted octanol–water partition coefficient (Wildman–Crippen LogP) is 3.86. The Hall–Kier alpha value is -0.480. The number of carbonyl (C=O) groups is 1. The van der Waals surface area contributed by atoms with Gasteiger partial charge in [0.1, 0.15) is 0 Å². The van der Waals surface area contributed by atoms with E-state index in [1.165, 1.54) is 6.26 Å². The van der Waals surface area contributed by atoms with Crippen molar-refractivity contribution in [1.82, 2.24) is 5.32 Å². The molecule has 3 nitrogen and oxygen atoms in total. The van der Waals surface area contributed by atoms with Crippen molar-refractivity contribution in [2.45, 2.75) is 31.5 Å². The van der Waals surface area contributed by atoms with Gasteiger partial charge in [-0.15, -0.1) is 0 Å². The number of hydrogen-bond acceptors (Lipinski definition) is 2. The molecular formula is C12H17BrClNO2. The average Bonchev–Trinajstić information content (AvgIpc) is 2.74. The summed E-state index contributed by atoms with van der Waals surface area (Å²) in [5.41, 5.74) is 0.385. The zero-order valence-electron chi connectivity index (χ0n) is 10.0. The van der Waals surface area contributed by atoms with Crippen LogP contribution in [0.2, 0.25) is 5.22 Å². The highest BCUT2D eigenvalue weighted by molar-refractivity contribution is 9.09. The van der Waals surface area contributed by atoms with Crippen molar-refractivity contribution in [3.63, 3.8) is 0 Å². The fourth-order valence-electron chi connectivity index (χ4n) is 1.71. The zero-order valence-corrected chi connectivity index (χ0v) is 12.3. The molecule has 1 N–H and O–H groups in total. The van der Waals surface area contributed by atoms with Gasteiger partial charge in [-0.1, -0.05) is 42.6 Å². The lowest BCUT2D eigenvalue weighted by Gasteiger charge is -2.19. The Labute approximate surface area is 115 Å². The third-order valence-corrected chi connectivity index (χ3v) is 4.24. The van der Waals surface area contributed by atoms with E-state index in [0.29, 0.717) is 18.0 Å². The number of carbonyl (C=O) groups excluding carboxylic acids is 1. The van der Waals surface area contributed by atoms with E-state index in [2.05, 4.69) is 35.1 Å². The summed E-state index contributed by atoms with van der Waals surface area (Å²) >= 11 is 9.33. The molecule has 0 aliphatic heterocycles.